The lowest BCUT2D eigenvalue weighted by Crippen LogP contribution is -2.14. The third kappa shape index (κ3) is 4.33. The van der Waals surface area contributed by atoms with Crippen LogP contribution in [-0.2, 0) is 0 Å². The highest BCUT2D eigenvalue weighted by molar-refractivity contribution is 6.07. The molecular weight excluding hydrogens is 392 g/mol. The lowest BCUT2D eigenvalue weighted by molar-refractivity contribution is 0.104. The molecule has 154 valence electrons. The van der Waals surface area contributed by atoms with Crippen molar-refractivity contribution >= 4 is 11.9 Å². The minimum absolute atomic E-state index is 0.0329. The number of methoxy groups -OCH3 is 1. The molecule has 1 heterocycles. The Kier molecular flexibility index (Phi) is 5.53. The first-order valence-corrected chi connectivity index (χ1v) is 9.62. The third-order valence-electron chi connectivity index (χ3n) is 4.84. The van der Waals surface area contributed by atoms with Gasteiger partial charge in [0.2, 0.25) is 0 Å². The molecular formula is C25H20N2O4. The second-order valence-corrected chi connectivity index (χ2v) is 6.89. The number of phenols is 1. The molecule has 0 saturated carbocycles. The molecule has 0 fully saturated rings. The van der Waals surface area contributed by atoms with Crippen molar-refractivity contribution in [1.82, 2.24) is 9.55 Å². The molecule has 0 radical (unpaired) electrons. The number of hydrogen-bond acceptors (Lipinski definition) is 4. The van der Waals surface area contributed by atoms with Crippen molar-refractivity contribution in [2.45, 2.75) is 0 Å². The Hall–Kier alpha value is -4.32. The highest BCUT2D eigenvalue weighted by Crippen LogP contribution is 2.27. The van der Waals surface area contributed by atoms with Crippen molar-refractivity contribution in [2.75, 3.05) is 7.11 Å². The number of hydrogen-bond donors (Lipinski definition) is 2. The average molecular weight is 412 g/mol. The van der Waals surface area contributed by atoms with Crippen LogP contribution in [-0.4, -0.2) is 27.6 Å². The number of H-pyrrole nitrogens is 1. The fraction of sp³-hybridized carbons (Fsp3) is 0.0400. The van der Waals surface area contributed by atoms with Crippen molar-refractivity contribution in [1.29, 1.82) is 0 Å². The summed E-state index contributed by atoms with van der Waals surface area (Å²) < 4.78 is 6.56. The lowest BCUT2D eigenvalue weighted by Gasteiger charge is -2.04. The van der Waals surface area contributed by atoms with E-state index in [9.17, 15) is 14.7 Å². The van der Waals surface area contributed by atoms with E-state index in [2.05, 4.69) is 4.98 Å². The van der Waals surface area contributed by atoms with E-state index in [4.69, 9.17) is 4.74 Å². The second-order valence-electron chi connectivity index (χ2n) is 6.89. The molecule has 2 N–H and O–H groups in total. The van der Waals surface area contributed by atoms with Gasteiger partial charge in [-0.15, -0.1) is 0 Å². The number of carbonyl (C=O) groups excluding carboxylic acids is 1. The molecule has 1 aromatic heterocycles. The molecule has 0 aliphatic rings. The van der Waals surface area contributed by atoms with Crippen molar-refractivity contribution in [3.63, 3.8) is 0 Å². The van der Waals surface area contributed by atoms with Crippen LogP contribution in [0.3, 0.4) is 0 Å². The maximum atomic E-state index is 12.7. The number of aromatic nitrogens is 2. The Bertz CT molecular complexity index is 1320. The van der Waals surface area contributed by atoms with Crippen LogP contribution in [0.1, 0.15) is 15.9 Å². The van der Waals surface area contributed by atoms with Gasteiger partial charge < -0.3 is 14.8 Å². The fourth-order valence-electron chi connectivity index (χ4n) is 3.23. The molecule has 6 heteroatoms. The third-order valence-corrected chi connectivity index (χ3v) is 4.84. The number of aromatic hydroxyl groups is 1. The van der Waals surface area contributed by atoms with Gasteiger partial charge in [0, 0.05) is 11.8 Å². The molecule has 4 rings (SSSR count). The van der Waals surface area contributed by atoms with Gasteiger partial charge in [-0.2, -0.15) is 0 Å². The first-order valence-electron chi connectivity index (χ1n) is 9.62. The zero-order valence-corrected chi connectivity index (χ0v) is 16.8. The molecule has 0 amide bonds. The van der Waals surface area contributed by atoms with Gasteiger partial charge in [-0.1, -0.05) is 54.6 Å². The Labute approximate surface area is 178 Å². The van der Waals surface area contributed by atoms with E-state index in [1.807, 2.05) is 30.3 Å². The average Bonchev–Trinajstić information content (AvgIpc) is 3.20. The smallest absolute Gasteiger partial charge is 0.330 e. The molecule has 0 bridgehead atoms. The number of aromatic amines is 1. The number of ether oxygens (including phenoxy) is 1. The van der Waals surface area contributed by atoms with Gasteiger partial charge >= 0.3 is 5.69 Å². The van der Waals surface area contributed by atoms with E-state index < -0.39 is 0 Å². The van der Waals surface area contributed by atoms with Crippen molar-refractivity contribution in [2.24, 2.45) is 0 Å². The topological polar surface area (TPSA) is 84.3 Å². The quantitative estimate of drug-likeness (QED) is 0.362. The van der Waals surface area contributed by atoms with Crippen LogP contribution < -0.4 is 10.4 Å². The number of rotatable bonds is 6. The number of allylic oxidation sites excluding steroid dienone is 1. The Morgan fingerprint density at radius 3 is 2.61 bits per heavy atom. The van der Waals surface area contributed by atoms with Crippen LogP contribution in [0, 0.1) is 0 Å². The van der Waals surface area contributed by atoms with E-state index in [0.717, 1.165) is 5.56 Å². The van der Waals surface area contributed by atoms with E-state index in [0.29, 0.717) is 28.3 Å². The van der Waals surface area contributed by atoms with Crippen LogP contribution in [0.15, 0.2) is 89.9 Å². The maximum Gasteiger partial charge on any atom is 0.330 e. The van der Waals surface area contributed by atoms with E-state index in [1.54, 1.807) is 48.7 Å². The zero-order chi connectivity index (χ0) is 21.8. The first kappa shape index (κ1) is 20.0. The van der Waals surface area contributed by atoms with Crippen LogP contribution in [0.25, 0.3) is 23.0 Å². The largest absolute Gasteiger partial charge is 0.504 e. The highest BCUT2D eigenvalue weighted by Gasteiger charge is 2.09. The monoisotopic (exact) mass is 412 g/mol. The van der Waals surface area contributed by atoms with Crippen LogP contribution in [0.4, 0.5) is 0 Å². The number of carbonyl (C=O) groups is 1. The predicted octanol–water partition coefficient (Wildman–Crippen LogP) is 4.44. The van der Waals surface area contributed by atoms with Crippen LogP contribution in [0.2, 0.25) is 0 Å². The molecule has 0 aliphatic heterocycles. The van der Waals surface area contributed by atoms with Crippen molar-refractivity contribution < 1.29 is 14.6 Å². The molecule has 31 heavy (non-hydrogen) atoms. The van der Waals surface area contributed by atoms with E-state index in [1.165, 1.54) is 23.8 Å². The van der Waals surface area contributed by atoms with Gasteiger partial charge in [-0.05, 0) is 41.5 Å². The Balaban J connectivity index is 1.60. The van der Waals surface area contributed by atoms with Crippen molar-refractivity contribution in [3.8, 4) is 28.4 Å². The molecule has 6 nitrogen and oxygen atoms in total. The van der Waals surface area contributed by atoms with Gasteiger partial charge in [-0.3, -0.25) is 9.36 Å². The zero-order valence-electron chi connectivity index (χ0n) is 16.8. The molecule has 0 atom stereocenters. The number of nitrogens with zero attached hydrogens (tertiary/aromatic N) is 1. The molecule has 0 aliphatic carbocycles. The number of imidazole rings is 1. The van der Waals surface area contributed by atoms with Gasteiger partial charge in [0.1, 0.15) is 0 Å². The maximum absolute atomic E-state index is 12.7. The standard InChI is InChI=1S/C25H20N2O4/c1-31-24-14-17(11-13-23(24)29)10-12-22(28)19-8-5-9-20(15-19)27-16-21(26-25(27)30)18-6-3-2-4-7-18/h2-16,29H,1H3,(H,26,30)/b12-10+. The summed E-state index contributed by atoms with van der Waals surface area (Å²) in [5.41, 5.74) is 3.08. The summed E-state index contributed by atoms with van der Waals surface area (Å²) in [6.07, 6.45) is 4.81. The van der Waals surface area contributed by atoms with Gasteiger partial charge in [0.15, 0.2) is 17.3 Å². The highest BCUT2D eigenvalue weighted by atomic mass is 16.5. The summed E-state index contributed by atoms with van der Waals surface area (Å²) in [5, 5.41) is 9.68. The lowest BCUT2D eigenvalue weighted by atomic mass is 10.1. The first-order chi connectivity index (χ1) is 15.0. The summed E-state index contributed by atoms with van der Waals surface area (Å²) in [4.78, 5) is 28.0. The molecule has 0 saturated heterocycles. The molecule has 3 aromatic carbocycles. The molecule has 0 unspecified atom stereocenters. The minimum Gasteiger partial charge on any atom is -0.504 e. The number of benzene rings is 3. The molecule has 0 spiro atoms. The summed E-state index contributed by atoms with van der Waals surface area (Å²) in [6.45, 7) is 0. The van der Waals surface area contributed by atoms with Gasteiger partial charge in [-0.25, -0.2) is 4.79 Å². The second kappa shape index (κ2) is 8.59. The Morgan fingerprint density at radius 2 is 1.84 bits per heavy atom. The van der Waals surface area contributed by atoms with Gasteiger partial charge in [0.05, 0.1) is 18.5 Å². The number of phenolic OH excluding ortho intramolecular Hbond substituents is 1. The summed E-state index contributed by atoms with van der Waals surface area (Å²) in [6, 6.07) is 21.3. The van der Waals surface area contributed by atoms with Crippen LogP contribution >= 0.6 is 0 Å². The summed E-state index contributed by atoms with van der Waals surface area (Å²) >= 11 is 0. The SMILES string of the molecule is COc1cc(/C=C/C(=O)c2cccc(-n3cc(-c4ccccc4)[nH]c3=O)c2)ccc1O. The Morgan fingerprint density at radius 1 is 1.03 bits per heavy atom. The number of nitrogens with one attached hydrogen (secondary N) is 1. The predicted molar refractivity (Wildman–Crippen MR) is 120 cm³/mol. The fourth-order valence-corrected chi connectivity index (χ4v) is 3.23. The normalized spacial score (nSPS) is 11.0. The van der Waals surface area contributed by atoms with E-state index in [-0.39, 0.29) is 17.2 Å². The van der Waals surface area contributed by atoms with Crippen molar-refractivity contribution in [3.05, 3.63) is 107 Å². The molecule has 4 aromatic rings. The summed E-state index contributed by atoms with van der Waals surface area (Å²) in [5.74, 6) is 0.156. The van der Waals surface area contributed by atoms with E-state index >= 15 is 0 Å². The minimum atomic E-state index is -0.282. The summed E-state index contributed by atoms with van der Waals surface area (Å²) in [7, 11) is 1.46. The van der Waals surface area contributed by atoms with Gasteiger partial charge in [0.25, 0.3) is 0 Å². The van der Waals surface area contributed by atoms with Crippen LogP contribution in [0.5, 0.6) is 11.5 Å². The number of ketones is 1.